The molecule has 3 unspecified atom stereocenters. The SMILES string of the molecule is CCCCCCCCCCCCCCC(=O)OC(COCCCCCCCCCC)COP(=O)(O)OCC(O)CO. The van der Waals surface area contributed by atoms with E-state index in [1.54, 1.807) is 0 Å². The van der Waals surface area contributed by atoms with Crippen LogP contribution >= 0.6 is 7.82 Å². The highest BCUT2D eigenvalue weighted by Crippen LogP contribution is 2.43. The topological polar surface area (TPSA) is 132 Å². The van der Waals surface area contributed by atoms with Gasteiger partial charge in [-0.05, 0) is 12.8 Å². The Balaban J connectivity index is 4.26. The largest absolute Gasteiger partial charge is 0.472 e. The van der Waals surface area contributed by atoms with E-state index in [2.05, 4.69) is 18.4 Å². The monoisotopic (exact) mass is 610 g/mol. The highest BCUT2D eigenvalue weighted by atomic mass is 31.2. The normalized spacial score (nSPS) is 14.6. The molecule has 0 aliphatic heterocycles. The fourth-order valence-corrected chi connectivity index (χ4v) is 5.26. The lowest BCUT2D eigenvalue weighted by atomic mass is 10.0. The van der Waals surface area contributed by atoms with Gasteiger partial charge in [-0.15, -0.1) is 0 Å². The van der Waals surface area contributed by atoms with Crippen molar-refractivity contribution in [2.75, 3.05) is 33.0 Å². The lowest BCUT2D eigenvalue weighted by molar-refractivity contribution is -0.154. The van der Waals surface area contributed by atoms with Gasteiger partial charge in [0.15, 0.2) is 0 Å². The molecule has 0 aliphatic rings. The predicted octanol–water partition coefficient (Wildman–Crippen LogP) is 7.63. The van der Waals surface area contributed by atoms with Gasteiger partial charge in [0.25, 0.3) is 0 Å². The maximum Gasteiger partial charge on any atom is 0.472 e. The van der Waals surface area contributed by atoms with Crippen LogP contribution in [0.5, 0.6) is 0 Å². The zero-order chi connectivity index (χ0) is 30.4. The lowest BCUT2D eigenvalue weighted by Crippen LogP contribution is -2.29. The van der Waals surface area contributed by atoms with Crippen LogP contribution in [-0.4, -0.2) is 66.3 Å². The van der Waals surface area contributed by atoms with Crippen LogP contribution < -0.4 is 0 Å². The van der Waals surface area contributed by atoms with Gasteiger partial charge < -0.3 is 24.6 Å². The van der Waals surface area contributed by atoms with E-state index in [9.17, 15) is 19.4 Å². The minimum absolute atomic E-state index is 0.0555. The third kappa shape index (κ3) is 29.3. The number of aliphatic hydroxyl groups excluding tert-OH is 2. The number of carbonyl (C=O) groups is 1. The molecule has 0 aliphatic carbocycles. The van der Waals surface area contributed by atoms with Gasteiger partial charge in [-0.3, -0.25) is 13.8 Å². The third-order valence-electron chi connectivity index (χ3n) is 7.04. The minimum atomic E-state index is -4.49. The van der Waals surface area contributed by atoms with Crippen LogP contribution in [0.4, 0.5) is 0 Å². The maximum absolute atomic E-state index is 12.4. The Morgan fingerprint density at radius 1 is 0.659 bits per heavy atom. The first-order chi connectivity index (χ1) is 19.8. The summed E-state index contributed by atoms with van der Waals surface area (Å²) in [5.74, 6) is -0.384. The fraction of sp³-hybridized carbons (Fsp3) is 0.968. The number of hydrogen-bond acceptors (Lipinski definition) is 8. The molecular formula is C31H63O9P. The van der Waals surface area contributed by atoms with E-state index < -0.39 is 33.2 Å². The first-order valence-electron chi connectivity index (χ1n) is 16.5. The van der Waals surface area contributed by atoms with Gasteiger partial charge >= 0.3 is 13.8 Å². The number of phosphoric ester groups is 1. The Hall–Kier alpha value is -0.540. The van der Waals surface area contributed by atoms with Gasteiger partial charge in [0, 0.05) is 13.0 Å². The number of phosphoric acid groups is 1. The lowest BCUT2D eigenvalue weighted by Gasteiger charge is -2.20. The zero-order valence-corrected chi connectivity index (χ0v) is 27.2. The maximum atomic E-state index is 12.4. The first kappa shape index (κ1) is 40.5. The van der Waals surface area contributed by atoms with E-state index in [0.29, 0.717) is 6.61 Å². The summed E-state index contributed by atoms with van der Waals surface area (Å²) in [7, 11) is -4.49. The van der Waals surface area contributed by atoms with Crippen LogP contribution in [-0.2, 0) is 27.9 Å². The summed E-state index contributed by atoms with van der Waals surface area (Å²) in [5.41, 5.74) is 0. The van der Waals surface area contributed by atoms with Gasteiger partial charge in [0.1, 0.15) is 12.2 Å². The van der Waals surface area contributed by atoms with Crippen LogP contribution in [0, 0.1) is 0 Å². The Labute approximate surface area is 250 Å². The van der Waals surface area contributed by atoms with E-state index in [-0.39, 0.29) is 25.6 Å². The number of esters is 1. The molecule has 0 fully saturated rings. The van der Waals surface area contributed by atoms with E-state index in [1.807, 2.05) is 0 Å². The van der Waals surface area contributed by atoms with E-state index in [1.165, 1.54) is 96.3 Å². The molecule has 0 radical (unpaired) electrons. The van der Waals surface area contributed by atoms with Crippen molar-refractivity contribution in [3.8, 4) is 0 Å². The van der Waals surface area contributed by atoms with Crippen LogP contribution in [0.15, 0.2) is 0 Å². The standard InChI is InChI=1S/C31H63O9P/c1-3-5-7-9-11-13-14-15-16-17-19-21-23-31(34)40-30(28-39-41(35,36)38-26-29(33)25-32)27-37-24-22-20-18-12-10-8-6-4-2/h29-30,32-33H,3-28H2,1-2H3,(H,35,36). The van der Waals surface area contributed by atoms with Gasteiger partial charge in [0.2, 0.25) is 0 Å². The quantitative estimate of drug-likeness (QED) is 0.0399. The van der Waals surface area contributed by atoms with Crippen molar-refractivity contribution in [2.45, 2.75) is 161 Å². The minimum Gasteiger partial charge on any atom is -0.457 e. The number of carbonyl (C=O) groups excluding carboxylic acids is 1. The smallest absolute Gasteiger partial charge is 0.457 e. The molecule has 3 N–H and O–H groups in total. The van der Waals surface area contributed by atoms with Crippen molar-refractivity contribution in [3.05, 3.63) is 0 Å². The molecule has 3 atom stereocenters. The van der Waals surface area contributed by atoms with Crippen molar-refractivity contribution in [3.63, 3.8) is 0 Å². The highest BCUT2D eigenvalue weighted by molar-refractivity contribution is 7.47. The van der Waals surface area contributed by atoms with E-state index in [0.717, 1.165) is 32.1 Å². The number of ether oxygens (including phenoxy) is 2. The molecule has 0 amide bonds. The number of aliphatic hydroxyl groups is 2. The van der Waals surface area contributed by atoms with Crippen LogP contribution in [0.2, 0.25) is 0 Å². The average Bonchev–Trinajstić information content (AvgIpc) is 2.96. The Morgan fingerprint density at radius 2 is 1.10 bits per heavy atom. The molecular weight excluding hydrogens is 547 g/mol. The summed E-state index contributed by atoms with van der Waals surface area (Å²) in [5, 5.41) is 18.2. The molecule has 0 bridgehead atoms. The molecule has 0 heterocycles. The van der Waals surface area contributed by atoms with E-state index in [4.69, 9.17) is 19.1 Å². The summed E-state index contributed by atoms with van der Waals surface area (Å²) in [4.78, 5) is 22.3. The second-order valence-corrected chi connectivity index (χ2v) is 12.7. The molecule has 0 spiro atoms. The van der Waals surface area contributed by atoms with Gasteiger partial charge in [-0.2, -0.15) is 0 Å². The van der Waals surface area contributed by atoms with Crippen molar-refractivity contribution in [2.24, 2.45) is 0 Å². The Bertz CT molecular complexity index is 620. The van der Waals surface area contributed by atoms with Crippen molar-refractivity contribution < 1.29 is 43.0 Å². The molecule has 9 nitrogen and oxygen atoms in total. The predicted molar refractivity (Wildman–Crippen MR) is 164 cm³/mol. The Kier molecular flexibility index (Phi) is 29.1. The van der Waals surface area contributed by atoms with Crippen molar-refractivity contribution >= 4 is 13.8 Å². The molecule has 0 aromatic rings. The van der Waals surface area contributed by atoms with Crippen molar-refractivity contribution in [1.82, 2.24) is 0 Å². The summed E-state index contributed by atoms with van der Waals surface area (Å²) in [6, 6.07) is 0. The fourth-order valence-electron chi connectivity index (χ4n) is 4.47. The van der Waals surface area contributed by atoms with Crippen LogP contribution in [0.3, 0.4) is 0 Å². The summed E-state index contributed by atoms with van der Waals surface area (Å²) in [6.07, 6.45) is 22.1. The van der Waals surface area contributed by atoms with Gasteiger partial charge in [0.05, 0.1) is 26.4 Å². The molecule has 0 saturated carbocycles. The zero-order valence-electron chi connectivity index (χ0n) is 26.3. The van der Waals surface area contributed by atoms with Crippen LogP contribution in [0.25, 0.3) is 0 Å². The number of rotatable bonds is 32. The van der Waals surface area contributed by atoms with Gasteiger partial charge in [-0.1, -0.05) is 129 Å². The molecule has 246 valence electrons. The summed E-state index contributed by atoms with van der Waals surface area (Å²) in [6.45, 7) is 3.49. The molecule has 0 saturated heterocycles. The first-order valence-corrected chi connectivity index (χ1v) is 18.0. The average molecular weight is 611 g/mol. The number of hydrogen-bond donors (Lipinski definition) is 3. The summed E-state index contributed by atoms with van der Waals surface area (Å²) >= 11 is 0. The number of unbranched alkanes of at least 4 members (excludes halogenated alkanes) is 18. The Morgan fingerprint density at radius 3 is 1.59 bits per heavy atom. The molecule has 0 aromatic heterocycles. The highest BCUT2D eigenvalue weighted by Gasteiger charge is 2.26. The second-order valence-electron chi connectivity index (χ2n) is 11.2. The summed E-state index contributed by atoms with van der Waals surface area (Å²) < 4.78 is 33.0. The molecule has 41 heavy (non-hydrogen) atoms. The molecule has 10 heteroatoms. The van der Waals surface area contributed by atoms with Crippen LogP contribution in [0.1, 0.15) is 149 Å². The second kappa shape index (κ2) is 29.5. The van der Waals surface area contributed by atoms with Gasteiger partial charge in [-0.25, -0.2) is 4.57 Å². The molecule has 0 aromatic carbocycles. The van der Waals surface area contributed by atoms with Crippen molar-refractivity contribution in [1.29, 1.82) is 0 Å². The van der Waals surface area contributed by atoms with E-state index >= 15 is 0 Å². The third-order valence-corrected chi connectivity index (χ3v) is 7.99. The molecule has 0 rings (SSSR count).